The number of anilines is 1. The molecule has 0 bridgehead atoms. The van der Waals surface area contributed by atoms with Gasteiger partial charge in [0.05, 0.1) is 0 Å². The van der Waals surface area contributed by atoms with E-state index in [1.54, 1.807) is 39.1 Å². The molecule has 0 aliphatic rings. The Morgan fingerprint density at radius 1 is 1.33 bits per heavy atom. The summed E-state index contributed by atoms with van der Waals surface area (Å²) in [4.78, 5) is 4.27. The predicted octanol–water partition coefficient (Wildman–Crippen LogP) is 1.98. The van der Waals surface area contributed by atoms with E-state index in [0.29, 0.717) is 12.4 Å². The first-order chi connectivity index (χ1) is 8.26. The van der Waals surface area contributed by atoms with Gasteiger partial charge in [-0.3, -0.25) is 0 Å². The molecule has 0 aliphatic heterocycles. The number of hydrogen-bond donors (Lipinski definition) is 2. The van der Waals surface area contributed by atoms with Gasteiger partial charge in [0, 0.05) is 18.3 Å². The first-order valence-corrected chi connectivity index (χ1v) is 7.47. The van der Waals surface area contributed by atoms with E-state index in [4.69, 9.17) is 0 Å². The molecule has 0 unspecified atom stereocenters. The van der Waals surface area contributed by atoms with Crippen molar-refractivity contribution in [3.05, 3.63) is 18.3 Å². The summed E-state index contributed by atoms with van der Waals surface area (Å²) in [6, 6.07) is 3.17. The topological polar surface area (TPSA) is 71.1 Å². The van der Waals surface area contributed by atoms with Gasteiger partial charge in [0.1, 0.15) is 10.7 Å². The Labute approximate surface area is 109 Å². The Morgan fingerprint density at radius 3 is 2.56 bits per heavy atom. The second-order valence-corrected chi connectivity index (χ2v) is 6.78. The number of nitrogens with one attached hydrogen (secondary N) is 2. The van der Waals surface area contributed by atoms with E-state index >= 15 is 0 Å². The molecule has 0 saturated heterocycles. The van der Waals surface area contributed by atoms with E-state index in [9.17, 15) is 8.42 Å². The summed E-state index contributed by atoms with van der Waals surface area (Å²) in [5, 5.41) is 3.02. The second kappa shape index (κ2) is 5.67. The fourth-order valence-corrected chi connectivity index (χ4v) is 2.99. The molecule has 0 atom stereocenters. The average molecular weight is 271 g/mol. The molecule has 2 N–H and O–H groups in total. The van der Waals surface area contributed by atoms with Gasteiger partial charge >= 0.3 is 0 Å². The molecule has 1 aromatic heterocycles. The molecule has 0 aliphatic carbocycles. The highest BCUT2D eigenvalue weighted by Gasteiger charge is 2.24. The van der Waals surface area contributed by atoms with Crippen molar-refractivity contribution in [2.24, 2.45) is 0 Å². The average Bonchev–Trinajstić information content (AvgIpc) is 2.23. The van der Waals surface area contributed by atoms with Crippen LogP contribution >= 0.6 is 0 Å². The van der Waals surface area contributed by atoms with Crippen molar-refractivity contribution in [1.29, 1.82) is 0 Å². The molecule has 0 saturated carbocycles. The summed E-state index contributed by atoms with van der Waals surface area (Å²) < 4.78 is 27.1. The normalized spacial score (nSPS) is 12.4. The van der Waals surface area contributed by atoms with Gasteiger partial charge in [-0.05, 0) is 39.3 Å². The zero-order valence-electron chi connectivity index (χ0n) is 11.3. The van der Waals surface area contributed by atoms with Crippen LogP contribution in [0.2, 0.25) is 0 Å². The van der Waals surface area contributed by atoms with Gasteiger partial charge in [0.15, 0.2) is 0 Å². The zero-order chi connectivity index (χ0) is 13.8. The van der Waals surface area contributed by atoms with Crippen molar-refractivity contribution in [2.45, 2.75) is 44.6 Å². The Hall–Kier alpha value is -1.14. The van der Waals surface area contributed by atoms with Crippen LogP contribution in [0.1, 0.15) is 34.1 Å². The van der Waals surface area contributed by atoms with Crippen LogP contribution in [-0.4, -0.2) is 25.5 Å². The maximum atomic E-state index is 12.2. The zero-order valence-corrected chi connectivity index (χ0v) is 12.1. The maximum Gasteiger partial charge on any atom is 0.244 e. The Kier molecular flexibility index (Phi) is 4.70. The number of sulfonamides is 1. The van der Waals surface area contributed by atoms with E-state index in [1.165, 1.54) is 0 Å². The molecule has 6 heteroatoms. The summed E-state index contributed by atoms with van der Waals surface area (Å²) in [7, 11) is -3.55. The van der Waals surface area contributed by atoms with Crippen molar-refractivity contribution in [2.75, 3.05) is 11.9 Å². The van der Waals surface area contributed by atoms with Crippen LogP contribution in [-0.2, 0) is 10.0 Å². The number of pyridine rings is 1. The molecule has 0 radical (unpaired) electrons. The molecular weight excluding hydrogens is 250 g/mol. The van der Waals surface area contributed by atoms with Crippen molar-refractivity contribution >= 4 is 15.8 Å². The predicted molar refractivity (Wildman–Crippen MR) is 73.1 cm³/mol. The summed E-state index contributed by atoms with van der Waals surface area (Å²) >= 11 is 0. The van der Waals surface area contributed by atoms with Gasteiger partial charge in [-0.1, -0.05) is 6.92 Å². The lowest BCUT2D eigenvalue weighted by atomic mass is 10.1. The fourth-order valence-electron chi connectivity index (χ4n) is 1.44. The molecule has 1 aromatic rings. The number of rotatable bonds is 5. The lowest BCUT2D eigenvalue weighted by Gasteiger charge is -2.21. The molecular formula is C12H21N3O2S. The van der Waals surface area contributed by atoms with Crippen LogP contribution in [0.3, 0.4) is 0 Å². The molecule has 0 spiro atoms. The molecule has 0 fully saturated rings. The van der Waals surface area contributed by atoms with Gasteiger partial charge in [0.25, 0.3) is 0 Å². The first-order valence-electron chi connectivity index (χ1n) is 5.99. The van der Waals surface area contributed by atoms with Crippen LogP contribution in [0, 0.1) is 0 Å². The summed E-state index contributed by atoms with van der Waals surface area (Å²) in [5.74, 6) is 0.399. The van der Waals surface area contributed by atoms with Crippen LogP contribution in [0.4, 0.5) is 5.82 Å². The maximum absolute atomic E-state index is 12.2. The lowest BCUT2D eigenvalue weighted by molar-refractivity contribution is 0.491. The second-order valence-electron chi connectivity index (χ2n) is 5.13. The van der Waals surface area contributed by atoms with Crippen LogP contribution in [0.25, 0.3) is 0 Å². The van der Waals surface area contributed by atoms with Crippen molar-refractivity contribution < 1.29 is 8.42 Å². The molecule has 5 nitrogen and oxygen atoms in total. The minimum atomic E-state index is -3.55. The molecule has 0 amide bonds. The largest absolute Gasteiger partial charge is 0.369 e. The van der Waals surface area contributed by atoms with Gasteiger partial charge < -0.3 is 5.32 Å². The van der Waals surface area contributed by atoms with E-state index in [0.717, 1.165) is 6.42 Å². The molecule has 1 heterocycles. The van der Waals surface area contributed by atoms with E-state index in [-0.39, 0.29) is 4.90 Å². The van der Waals surface area contributed by atoms with Crippen molar-refractivity contribution in [3.8, 4) is 0 Å². The Balaban J connectivity index is 3.08. The van der Waals surface area contributed by atoms with Crippen LogP contribution < -0.4 is 10.0 Å². The quantitative estimate of drug-likeness (QED) is 0.859. The van der Waals surface area contributed by atoms with Crippen LogP contribution in [0.5, 0.6) is 0 Å². The summed E-state index contributed by atoms with van der Waals surface area (Å²) in [6.07, 6.45) is 2.48. The molecule has 18 heavy (non-hydrogen) atoms. The van der Waals surface area contributed by atoms with Gasteiger partial charge in [-0.25, -0.2) is 18.1 Å². The SMILES string of the molecule is CCCNc1ncccc1S(=O)(=O)NC(C)(C)C. The van der Waals surface area contributed by atoms with E-state index in [2.05, 4.69) is 15.0 Å². The van der Waals surface area contributed by atoms with E-state index < -0.39 is 15.6 Å². The van der Waals surface area contributed by atoms with Gasteiger partial charge in [0.2, 0.25) is 10.0 Å². The van der Waals surface area contributed by atoms with Crippen molar-refractivity contribution in [3.63, 3.8) is 0 Å². The monoisotopic (exact) mass is 271 g/mol. The molecule has 1 rings (SSSR count). The summed E-state index contributed by atoms with van der Waals surface area (Å²) in [6.45, 7) is 8.12. The highest BCUT2D eigenvalue weighted by molar-refractivity contribution is 7.89. The minimum Gasteiger partial charge on any atom is -0.369 e. The standard InChI is InChI=1S/C12H21N3O2S/c1-5-8-13-11-10(7-6-9-14-11)18(16,17)15-12(2,3)4/h6-7,9,15H,5,8H2,1-4H3,(H,13,14). The number of aromatic nitrogens is 1. The minimum absolute atomic E-state index is 0.188. The fraction of sp³-hybridized carbons (Fsp3) is 0.583. The Bertz CT molecular complexity index is 492. The van der Waals surface area contributed by atoms with Crippen molar-refractivity contribution in [1.82, 2.24) is 9.71 Å². The first kappa shape index (κ1) is 14.9. The van der Waals surface area contributed by atoms with Gasteiger partial charge in [-0.2, -0.15) is 0 Å². The number of hydrogen-bond acceptors (Lipinski definition) is 4. The van der Waals surface area contributed by atoms with E-state index in [1.807, 2.05) is 6.92 Å². The Morgan fingerprint density at radius 2 is 2.00 bits per heavy atom. The number of nitrogens with zero attached hydrogens (tertiary/aromatic N) is 1. The van der Waals surface area contributed by atoms with Gasteiger partial charge in [-0.15, -0.1) is 0 Å². The lowest BCUT2D eigenvalue weighted by Crippen LogP contribution is -2.40. The third-order valence-corrected chi connectivity index (χ3v) is 3.83. The third-order valence-electron chi connectivity index (χ3n) is 2.04. The molecule has 0 aromatic carbocycles. The third kappa shape index (κ3) is 4.27. The highest BCUT2D eigenvalue weighted by Crippen LogP contribution is 2.19. The highest BCUT2D eigenvalue weighted by atomic mass is 32.2. The smallest absolute Gasteiger partial charge is 0.244 e. The summed E-state index contributed by atoms with van der Waals surface area (Å²) in [5.41, 5.74) is -0.517. The molecule has 102 valence electrons. The van der Waals surface area contributed by atoms with Crippen LogP contribution in [0.15, 0.2) is 23.2 Å².